The molecular weight excluding hydrogens is 266 g/mol. The number of thiazole rings is 1. The van der Waals surface area contributed by atoms with E-state index in [0.717, 1.165) is 22.1 Å². The van der Waals surface area contributed by atoms with Gasteiger partial charge in [-0.1, -0.05) is 0 Å². The third-order valence-electron chi connectivity index (χ3n) is 2.60. The summed E-state index contributed by atoms with van der Waals surface area (Å²) in [5.41, 5.74) is 0.981. The van der Waals surface area contributed by atoms with E-state index in [-0.39, 0.29) is 5.69 Å². The van der Waals surface area contributed by atoms with Gasteiger partial charge >= 0.3 is 5.97 Å². The molecule has 0 radical (unpaired) electrons. The van der Waals surface area contributed by atoms with Gasteiger partial charge in [0.15, 0.2) is 5.69 Å². The number of methoxy groups -OCH3 is 2. The number of rotatable bonds is 5. The Kier molecular flexibility index (Phi) is 4.01. The van der Waals surface area contributed by atoms with Gasteiger partial charge in [-0.25, -0.2) is 9.78 Å². The maximum Gasteiger partial charge on any atom is 0.355 e. The number of ether oxygens (including phenoxy) is 2. The Morgan fingerprint density at radius 1 is 1.37 bits per heavy atom. The van der Waals surface area contributed by atoms with Crippen LogP contribution >= 0.6 is 11.3 Å². The lowest BCUT2D eigenvalue weighted by molar-refractivity contribution is 0.0691. The van der Waals surface area contributed by atoms with Gasteiger partial charge < -0.3 is 14.6 Å². The second-order valence-electron chi connectivity index (χ2n) is 3.79. The minimum absolute atomic E-state index is 0.0712. The molecule has 1 aromatic carbocycles. The summed E-state index contributed by atoms with van der Waals surface area (Å²) < 4.78 is 10.4. The van der Waals surface area contributed by atoms with E-state index in [1.54, 1.807) is 14.2 Å². The highest BCUT2D eigenvalue weighted by atomic mass is 32.1. The number of hydrogen-bond donors (Lipinski definition) is 1. The molecule has 0 aliphatic heterocycles. The molecule has 0 atom stereocenters. The lowest BCUT2D eigenvalue weighted by Gasteiger charge is -2.09. The van der Waals surface area contributed by atoms with Crippen LogP contribution in [0.1, 0.15) is 21.1 Å². The number of aromatic carboxylic acids is 1. The average Bonchev–Trinajstić information content (AvgIpc) is 2.87. The van der Waals surface area contributed by atoms with Crippen LogP contribution in [0.3, 0.4) is 0 Å². The van der Waals surface area contributed by atoms with Crippen molar-refractivity contribution >= 4 is 17.3 Å². The lowest BCUT2D eigenvalue weighted by atomic mass is 10.1. The number of benzene rings is 1. The van der Waals surface area contributed by atoms with Crippen LogP contribution in [0.5, 0.6) is 11.5 Å². The summed E-state index contributed by atoms with van der Waals surface area (Å²) >= 11 is 1.32. The number of carboxylic acid groups (broad SMARTS) is 1. The Bertz CT molecular complexity index is 594. The first-order chi connectivity index (χ1) is 9.13. The first kappa shape index (κ1) is 13.4. The fraction of sp³-hybridized carbons (Fsp3) is 0.231. The zero-order chi connectivity index (χ0) is 13.8. The summed E-state index contributed by atoms with van der Waals surface area (Å²) in [5, 5.41) is 11.1. The van der Waals surface area contributed by atoms with E-state index in [1.165, 1.54) is 16.7 Å². The van der Waals surface area contributed by atoms with Crippen LogP contribution in [-0.4, -0.2) is 30.3 Å². The van der Waals surface area contributed by atoms with Crippen LogP contribution in [0, 0.1) is 0 Å². The molecule has 0 aliphatic carbocycles. The van der Waals surface area contributed by atoms with Crippen molar-refractivity contribution < 1.29 is 19.4 Å². The molecule has 6 heteroatoms. The second-order valence-corrected chi connectivity index (χ2v) is 4.73. The molecule has 1 heterocycles. The van der Waals surface area contributed by atoms with Gasteiger partial charge in [-0.3, -0.25) is 0 Å². The summed E-state index contributed by atoms with van der Waals surface area (Å²) in [6.45, 7) is 0. The van der Waals surface area contributed by atoms with Gasteiger partial charge in [0.2, 0.25) is 0 Å². The highest BCUT2D eigenvalue weighted by Gasteiger charge is 2.12. The van der Waals surface area contributed by atoms with E-state index in [2.05, 4.69) is 4.98 Å². The van der Waals surface area contributed by atoms with Crippen LogP contribution in [0.15, 0.2) is 23.6 Å². The minimum Gasteiger partial charge on any atom is -0.497 e. The third-order valence-corrected chi connectivity index (χ3v) is 3.45. The molecule has 0 fully saturated rings. The predicted molar refractivity (Wildman–Crippen MR) is 71.4 cm³/mol. The summed E-state index contributed by atoms with van der Waals surface area (Å²) in [4.78, 5) is 14.8. The molecule has 100 valence electrons. The Morgan fingerprint density at radius 3 is 2.74 bits per heavy atom. The van der Waals surface area contributed by atoms with Gasteiger partial charge in [-0.2, -0.15) is 0 Å². The Morgan fingerprint density at radius 2 is 2.16 bits per heavy atom. The van der Waals surface area contributed by atoms with Gasteiger partial charge in [0.25, 0.3) is 0 Å². The molecule has 2 rings (SSSR count). The molecule has 0 amide bonds. The lowest BCUT2D eigenvalue weighted by Crippen LogP contribution is -1.98. The molecule has 5 nitrogen and oxygen atoms in total. The zero-order valence-corrected chi connectivity index (χ0v) is 11.4. The molecule has 1 aromatic heterocycles. The fourth-order valence-corrected chi connectivity index (χ4v) is 2.46. The molecule has 19 heavy (non-hydrogen) atoms. The average molecular weight is 279 g/mol. The Hall–Kier alpha value is -2.08. The van der Waals surface area contributed by atoms with Crippen molar-refractivity contribution in [2.45, 2.75) is 6.42 Å². The number of nitrogens with zero attached hydrogens (tertiary/aromatic N) is 1. The molecule has 2 aromatic rings. The maximum atomic E-state index is 10.8. The van der Waals surface area contributed by atoms with Crippen LogP contribution in [0.25, 0.3) is 0 Å². The molecule has 0 saturated heterocycles. The molecule has 0 bridgehead atoms. The third kappa shape index (κ3) is 3.03. The standard InChI is InChI=1S/C13H13NO4S/c1-17-9-3-4-11(18-2)8(5-9)6-12-14-10(7-19-12)13(15)16/h3-5,7H,6H2,1-2H3,(H,15,16). The number of hydrogen-bond acceptors (Lipinski definition) is 5. The second kappa shape index (κ2) is 5.71. The van der Waals surface area contributed by atoms with Crippen molar-refractivity contribution in [1.29, 1.82) is 0 Å². The van der Waals surface area contributed by atoms with E-state index in [1.807, 2.05) is 18.2 Å². The summed E-state index contributed by atoms with van der Waals surface area (Å²) in [6, 6.07) is 5.49. The van der Waals surface area contributed by atoms with Gasteiger partial charge in [0.1, 0.15) is 11.5 Å². The van der Waals surface area contributed by atoms with Crippen molar-refractivity contribution in [3.05, 3.63) is 39.8 Å². The largest absolute Gasteiger partial charge is 0.497 e. The van der Waals surface area contributed by atoms with Crippen LogP contribution in [-0.2, 0) is 6.42 Å². The normalized spacial score (nSPS) is 10.2. The highest BCUT2D eigenvalue weighted by Crippen LogP contribution is 2.27. The molecule has 0 aliphatic rings. The van der Waals surface area contributed by atoms with Crippen LogP contribution in [0.2, 0.25) is 0 Å². The van der Waals surface area contributed by atoms with Gasteiger partial charge in [-0.05, 0) is 18.2 Å². The van der Waals surface area contributed by atoms with Crippen LogP contribution < -0.4 is 9.47 Å². The molecule has 0 saturated carbocycles. The number of carbonyl (C=O) groups is 1. The Balaban J connectivity index is 2.27. The van der Waals surface area contributed by atoms with Gasteiger partial charge in [-0.15, -0.1) is 11.3 Å². The van der Waals surface area contributed by atoms with E-state index in [9.17, 15) is 4.79 Å². The van der Waals surface area contributed by atoms with E-state index < -0.39 is 5.97 Å². The zero-order valence-electron chi connectivity index (χ0n) is 10.5. The van der Waals surface area contributed by atoms with Crippen LogP contribution in [0.4, 0.5) is 0 Å². The quantitative estimate of drug-likeness (QED) is 0.910. The van der Waals surface area contributed by atoms with E-state index in [4.69, 9.17) is 14.6 Å². The van der Waals surface area contributed by atoms with E-state index in [0.29, 0.717) is 6.42 Å². The van der Waals surface area contributed by atoms with Crippen molar-refractivity contribution in [2.24, 2.45) is 0 Å². The predicted octanol–water partition coefficient (Wildman–Crippen LogP) is 2.45. The number of carboxylic acids is 1. The SMILES string of the molecule is COc1ccc(OC)c(Cc2nc(C(=O)O)cs2)c1. The topological polar surface area (TPSA) is 68.7 Å². The monoisotopic (exact) mass is 279 g/mol. The van der Waals surface area contributed by atoms with Crippen molar-refractivity contribution in [3.63, 3.8) is 0 Å². The maximum absolute atomic E-state index is 10.8. The summed E-state index contributed by atoms with van der Waals surface area (Å²) in [6.07, 6.45) is 0.512. The van der Waals surface area contributed by atoms with Crippen molar-refractivity contribution in [1.82, 2.24) is 4.98 Å². The number of aromatic nitrogens is 1. The Labute approximate surface area is 114 Å². The summed E-state index contributed by atoms with van der Waals surface area (Å²) in [5.74, 6) is 0.443. The fourth-order valence-electron chi connectivity index (χ4n) is 1.67. The van der Waals surface area contributed by atoms with Crippen molar-refractivity contribution in [3.8, 4) is 11.5 Å². The molecule has 0 unspecified atom stereocenters. The highest BCUT2D eigenvalue weighted by molar-refractivity contribution is 7.09. The van der Waals surface area contributed by atoms with Crippen molar-refractivity contribution in [2.75, 3.05) is 14.2 Å². The minimum atomic E-state index is -1.01. The molecule has 0 spiro atoms. The van der Waals surface area contributed by atoms with Gasteiger partial charge in [0.05, 0.1) is 19.2 Å². The van der Waals surface area contributed by atoms with E-state index >= 15 is 0 Å². The first-order valence-corrected chi connectivity index (χ1v) is 6.40. The van der Waals surface area contributed by atoms with Gasteiger partial charge in [0, 0.05) is 17.4 Å². The smallest absolute Gasteiger partial charge is 0.355 e. The summed E-state index contributed by atoms with van der Waals surface area (Å²) in [7, 11) is 3.19. The molecular formula is C13H13NO4S. The first-order valence-electron chi connectivity index (χ1n) is 5.52. The molecule has 1 N–H and O–H groups in total.